The number of hydrogen-bond donors (Lipinski definition) is 1. The van der Waals surface area contributed by atoms with Gasteiger partial charge in [-0.1, -0.05) is 32.0 Å². The highest BCUT2D eigenvalue weighted by Gasteiger charge is 2.21. The number of rotatable bonds is 3. The molecule has 0 aromatic heterocycles. The molecule has 0 fully saturated rings. The zero-order valence-electron chi connectivity index (χ0n) is 10.2. The molecule has 1 aromatic rings. The first-order valence-electron chi connectivity index (χ1n) is 6.14. The van der Waals surface area contributed by atoms with Gasteiger partial charge in [-0.05, 0) is 35.6 Å². The van der Waals surface area contributed by atoms with E-state index in [1.54, 1.807) is 0 Å². The molecular formula is C14H21NS. The topological polar surface area (TPSA) is 3.24 Å². The Morgan fingerprint density at radius 1 is 1.44 bits per heavy atom. The lowest BCUT2D eigenvalue weighted by Crippen LogP contribution is -2.37. The van der Waals surface area contributed by atoms with E-state index < -0.39 is 0 Å². The number of anilines is 1. The maximum atomic E-state index is 4.38. The standard InChI is InChI=1S/C14H21NS/c1-11-7-13-5-3-4-6-14(13)15(8-11)9-12(2)10-16/h3-6,11-12,16H,7-10H2,1-2H3. The van der Waals surface area contributed by atoms with Crippen LogP contribution in [0.3, 0.4) is 0 Å². The van der Waals surface area contributed by atoms with E-state index in [4.69, 9.17) is 0 Å². The molecule has 2 atom stereocenters. The monoisotopic (exact) mass is 235 g/mol. The Morgan fingerprint density at radius 2 is 2.19 bits per heavy atom. The molecule has 1 nitrogen and oxygen atoms in total. The molecule has 0 saturated carbocycles. The van der Waals surface area contributed by atoms with E-state index in [2.05, 4.69) is 55.6 Å². The first-order valence-corrected chi connectivity index (χ1v) is 6.77. The van der Waals surface area contributed by atoms with Crippen molar-refractivity contribution < 1.29 is 0 Å². The first kappa shape index (κ1) is 11.8. The molecule has 1 heterocycles. The van der Waals surface area contributed by atoms with Crippen LogP contribution in [0, 0.1) is 11.8 Å². The minimum absolute atomic E-state index is 0.654. The van der Waals surface area contributed by atoms with Crippen LogP contribution >= 0.6 is 12.6 Å². The summed E-state index contributed by atoms with van der Waals surface area (Å²) in [4.78, 5) is 2.53. The number of fused-ring (bicyclic) bond motifs is 1. The predicted octanol–water partition coefficient (Wildman–Crippen LogP) is 3.25. The average Bonchev–Trinajstić information content (AvgIpc) is 2.28. The molecule has 1 aliphatic rings. The molecule has 1 aliphatic heterocycles. The molecule has 16 heavy (non-hydrogen) atoms. The molecule has 2 rings (SSSR count). The molecule has 0 amide bonds. The van der Waals surface area contributed by atoms with E-state index in [-0.39, 0.29) is 0 Å². The highest BCUT2D eigenvalue weighted by molar-refractivity contribution is 7.80. The van der Waals surface area contributed by atoms with Crippen molar-refractivity contribution in [3.63, 3.8) is 0 Å². The van der Waals surface area contributed by atoms with Gasteiger partial charge in [0.05, 0.1) is 0 Å². The van der Waals surface area contributed by atoms with Crippen LogP contribution in [0.4, 0.5) is 5.69 Å². The van der Waals surface area contributed by atoms with E-state index in [1.165, 1.54) is 24.2 Å². The van der Waals surface area contributed by atoms with Crippen molar-refractivity contribution in [1.29, 1.82) is 0 Å². The van der Waals surface area contributed by atoms with Crippen molar-refractivity contribution >= 4 is 18.3 Å². The summed E-state index contributed by atoms with van der Waals surface area (Å²) in [6.07, 6.45) is 1.22. The van der Waals surface area contributed by atoms with Gasteiger partial charge in [0.2, 0.25) is 0 Å². The van der Waals surface area contributed by atoms with Crippen LogP contribution in [0.2, 0.25) is 0 Å². The predicted molar refractivity (Wildman–Crippen MR) is 74.5 cm³/mol. The average molecular weight is 235 g/mol. The second kappa shape index (κ2) is 5.13. The van der Waals surface area contributed by atoms with Gasteiger partial charge in [0.25, 0.3) is 0 Å². The fraction of sp³-hybridized carbons (Fsp3) is 0.571. The van der Waals surface area contributed by atoms with Crippen LogP contribution in [0.15, 0.2) is 24.3 Å². The van der Waals surface area contributed by atoms with Crippen molar-refractivity contribution in [1.82, 2.24) is 0 Å². The molecule has 0 aliphatic carbocycles. The van der Waals surface area contributed by atoms with E-state index >= 15 is 0 Å². The fourth-order valence-electron chi connectivity index (χ4n) is 2.51. The van der Waals surface area contributed by atoms with E-state index in [0.717, 1.165) is 18.2 Å². The zero-order valence-corrected chi connectivity index (χ0v) is 11.1. The van der Waals surface area contributed by atoms with E-state index in [1.807, 2.05) is 0 Å². The summed E-state index contributed by atoms with van der Waals surface area (Å²) in [6.45, 7) is 6.93. The Kier molecular flexibility index (Phi) is 3.80. The Morgan fingerprint density at radius 3 is 2.94 bits per heavy atom. The van der Waals surface area contributed by atoms with Gasteiger partial charge in [-0.25, -0.2) is 0 Å². The van der Waals surface area contributed by atoms with Gasteiger partial charge in [0, 0.05) is 18.8 Å². The maximum Gasteiger partial charge on any atom is 0.0399 e. The molecule has 1 aromatic carbocycles. The lowest BCUT2D eigenvalue weighted by Gasteiger charge is -2.36. The number of para-hydroxylation sites is 1. The molecule has 2 heteroatoms. The van der Waals surface area contributed by atoms with E-state index in [0.29, 0.717) is 5.92 Å². The highest BCUT2D eigenvalue weighted by atomic mass is 32.1. The Hall–Kier alpha value is -0.630. The summed E-state index contributed by atoms with van der Waals surface area (Å²) < 4.78 is 0. The maximum absolute atomic E-state index is 4.38. The molecular weight excluding hydrogens is 214 g/mol. The summed E-state index contributed by atoms with van der Waals surface area (Å²) in [5.74, 6) is 2.39. The van der Waals surface area contributed by atoms with Crippen LogP contribution in [0.5, 0.6) is 0 Å². The van der Waals surface area contributed by atoms with Crippen LogP contribution < -0.4 is 4.90 Å². The zero-order chi connectivity index (χ0) is 11.5. The smallest absolute Gasteiger partial charge is 0.0399 e. The van der Waals surface area contributed by atoms with Crippen molar-refractivity contribution in [3.8, 4) is 0 Å². The van der Waals surface area contributed by atoms with Crippen LogP contribution in [0.1, 0.15) is 19.4 Å². The minimum Gasteiger partial charge on any atom is -0.371 e. The summed E-state index contributed by atoms with van der Waals surface area (Å²) in [7, 11) is 0. The summed E-state index contributed by atoms with van der Waals surface area (Å²) in [5.41, 5.74) is 2.95. The van der Waals surface area contributed by atoms with Crippen molar-refractivity contribution in [2.45, 2.75) is 20.3 Å². The molecule has 0 spiro atoms. The van der Waals surface area contributed by atoms with Crippen LogP contribution in [0.25, 0.3) is 0 Å². The quantitative estimate of drug-likeness (QED) is 0.787. The largest absolute Gasteiger partial charge is 0.371 e. The van der Waals surface area contributed by atoms with Gasteiger partial charge >= 0.3 is 0 Å². The normalized spacial score (nSPS) is 21.7. The molecule has 2 unspecified atom stereocenters. The summed E-state index contributed by atoms with van der Waals surface area (Å²) in [5, 5.41) is 0. The van der Waals surface area contributed by atoms with Gasteiger partial charge in [-0.2, -0.15) is 12.6 Å². The van der Waals surface area contributed by atoms with Gasteiger partial charge < -0.3 is 4.90 Å². The third-order valence-corrected chi connectivity index (χ3v) is 3.90. The van der Waals surface area contributed by atoms with Gasteiger partial charge in [-0.3, -0.25) is 0 Å². The Bertz CT molecular complexity index is 350. The summed E-state index contributed by atoms with van der Waals surface area (Å²) in [6, 6.07) is 8.82. The van der Waals surface area contributed by atoms with E-state index in [9.17, 15) is 0 Å². The lowest BCUT2D eigenvalue weighted by molar-refractivity contribution is 0.503. The van der Waals surface area contributed by atoms with Crippen molar-refractivity contribution in [3.05, 3.63) is 29.8 Å². The third kappa shape index (κ3) is 2.54. The second-order valence-electron chi connectivity index (χ2n) is 5.13. The molecule has 88 valence electrons. The minimum atomic E-state index is 0.654. The van der Waals surface area contributed by atoms with Gasteiger partial charge in [0.15, 0.2) is 0 Å². The van der Waals surface area contributed by atoms with Crippen molar-refractivity contribution in [2.24, 2.45) is 11.8 Å². The van der Waals surface area contributed by atoms with Crippen LogP contribution in [-0.4, -0.2) is 18.8 Å². The highest BCUT2D eigenvalue weighted by Crippen LogP contribution is 2.29. The number of nitrogens with zero attached hydrogens (tertiary/aromatic N) is 1. The molecule has 0 radical (unpaired) electrons. The number of benzene rings is 1. The molecule has 0 bridgehead atoms. The van der Waals surface area contributed by atoms with Crippen molar-refractivity contribution in [2.75, 3.05) is 23.7 Å². The SMILES string of the molecule is CC(CS)CN1CC(C)Cc2ccccc21. The fourth-order valence-corrected chi connectivity index (χ4v) is 2.63. The molecule has 0 N–H and O–H groups in total. The summed E-state index contributed by atoms with van der Waals surface area (Å²) >= 11 is 4.38. The Balaban J connectivity index is 2.20. The first-order chi connectivity index (χ1) is 7.70. The van der Waals surface area contributed by atoms with Gasteiger partial charge in [-0.15, -0.1) is 0 Å². The van der Waals surface area contributed by atoms with Gasteiger partial charge in [0.1, 0.15) is 0 Å². The number of hydrogen-bond acceptors (Lipinski definition) is 2. The molecule has 0 saturated heterocycles. The Labute approximate surface area is 104 Å². The number of thiol groups is 1. The second-order valence-corrected chi connectivity index (χ2v) is 5.50. The van der Waals surface area contributed by atoms with Crippen LogP contribution in [-0.2, 0) is 6.42 Å². The third-order valence-electron chi connectivity index (χ3n) is 3.28. The lowest BCUT2D eigenvalue weighted by atomic mass is 9.93.